The van der Waals surface area contributed by atoms with Gasteiger partial charge in [-0.05, 0) is 48.9 Å². The first-order chi connectivity index (χ1) is 12.8. The summed E-state index contributed by atoms with van der Waals surface area (Å²) in [7, 11) is -3.41. The maximum absolute atomic E-state index is 12.3. The van der Waals surface area contributed by atoms with Gasteiger partial charge in [-0.1, -0.05) is 29.8 Å². The number of halogens is 1. The topological polar surface area (TPSA) is 75.3 Å². The van der Waals surface area contributed by atoms with Crippen LogP contribution >= 0.6 is 23.4 Å². The second-order valence-electron chi connectivity index (χ2n) is 5.80. The quantitative estimate of drug-likeness (QED) is 0.470. The first-order valence-electron chi connectivity index (χ1n) is 8.19. The van der Waals surface area contributed by atoms with E-state index in [1.165, 1.54) is 17.8 Å². The summed E-state index contributed by atoms with van der Waals surface area (Å²) in [5, 5.41) is 3.19. The molecule has 0 spiro atoms. The Morgan fingerprint density at radius 3 is 2.41 bits per heavy atom. The molecule has 1 atom stereocenters. The number of rotatable bonds is 9. The molecule has 1 unspecified atom stereocenters. The van der Waals surface area contributed by atoms with Gasteiger partial charge in [0.05, 0.1) is 11.0 Å². The summed E-state index contributed by atoms with van der Waals surface area (Å²) in [6.45, 7) is 5.49. The van der Waals surface area contributed by atoms with Gasteiger partial charge >= 0.3 is 0 Å². The van der Waals surface area contributed by atoms with Gasteiger partial charge in [-0.25, -0.2) is 13.1 Å². The van der Waals surface area contributed by atoms with Crippen LogP contribution in [0.4, 0.5) is 5.69 Å². The highest BCUT2D eigenvalue weighted by atomic mass is 35.5. The molecule has 27 heavy (non-hydrogen) atoms. The number of benzene rings is 2. The Morgan fingerprint density at radius 2 is 1.81 bits per heavy atom. The molecule has 0 saturated heterocycles. The minimum Gasteiger partial charge on any atom is -0.325 e. The van der Waals surface area contributed by atoms with Crippen LogP contribution in [0.15, 0.2) is 66.1 Å². The first kappa shape index (κ1) is 21.5. The molecule has 144 valence electrons. The van der Waals surface area contributed by atoms with Crippen molar-refractivity contribution in [1.82, 2.24) is 4.72 Å². The van der Waals surface area contributed by atoms with E-state index in [1.807, 2.05) is 19.1 Å². The predicted molar refractivity (Wildman–Crippen MR) is 113 cm³/mol. The third kappa shape index (κ3) is 7.38. The summed E-state index contributed by atoms with van der Waals surface area (Å²) in [5.74, 6) is -0.263. The zero-order chi connectivity index (χ0) is 19.9. The Kier molecular flexibility index (Phi) is 7.91. The fourth-order valence-electron chi connectivity index (χ4n) is 2.16. The SMILES string of the molecule is C=CCNS(=O)(=O)Cc1ccc(NC(=O)C(C)Sc2ccc(Cl)cc2)cc1. The molecule has 0 aliphatic heterocycles. The van der Waals surface area contributed by atoms with Gasteiger partial charge in [-0.15, -0.1) is 18.3 Å². The smallest absolute Gasteiger partial charge is 0.237 e. The van der Waals surface area contributed by atoms with Gasteiger partial charge in [0.15, 0.2) is 0 Å². The number of nitrogens with one attached hydrogen (secondary N) is 2. The molecule has 0 fully saturated rings. The molecule has 2 rings (SSSR count). The monoisotopic (exact) mass is 424 g/mol. The Hall–Kier alpha value is -1.80. The van der Waals surface area contributed by atoms with Crippen LogP contribution in [-0.2, 0) is 20.6 Å². The zero-order valence-corrected chi connectivity index (χ0v) is 17.2. The molecule has 0 aliphatic carbocycles. The van der Waals surface area contributed by atoms with E-state index >= 15 is 0 Å². The van der Waals surface area contributed by atoms with E-state index < -0.39 is 10.0 Å². The van der Waals surface area contributed by atoms with Crippen LogP contribution in [0.3, 0.4) is 0 Å². The third-order valence-electron chi connectivity index (χ3n) is 3.52. The largest absolute Gasteiger partial charge is 0.325 e. The summed E-state index contributed by atoms with van der Waals surface area (Å²) in [4.78, 5) is 13.3. The number of sulfonamides is 1. The number of hydrogen-bond donors (Lipinski definition) is 2. The van der Waals surface area contributed by atoms with Gasteiger partial charge in [-0.3, -0.25) is 4.79 Å². The highest BCUT2D eigenvalue weighted by Crippen LogP contribution is 2.25. The van der Waals surface area contributed by atoms with Crippen molar-refractivity contribution < 1.29 is 13.2 Å². The van der Waals surface area contributed by atoms with Crippen LogP contribution < -0.4 is 10.0 Å². The number of anilines is 1. The summed E-state index contributed by atoms with van der Waals surface area (Å²) >= 11 is 7.29. The highest BCUT2D eigenvalue weighted by Gasteiger charge is 2.15. The Labute approximate surface area is 169 Å². The van der Waals surface area contributed by atoms with Crippen molar-refractivity contribution in [3.63, 3.8) is 0 Å². The van der Waals surface area contributed by atoms with E-state index in [-0.39, 0.29) is 23.5 Å². The molecule has 8 heteroatoms. The summed E-state index contributed by atoms with van der Waals surface area (Å²) in [5.41, 5.74) is 1.25. The average Bonchev–Trinajstić information content (AvgIpc) is 2.63. The maximum atomic E-state index is 12.3. The Morgan fingerprint density at radius 1 is 1.19 bits per heavy atom. The van der Waals surface area contributed by atoms with Gasteiger partial charge in [-0.2, -0.15) is 0 Å². The minimum absolute atomic E-state index is 0.127. The van der Waals surface area contributed by atoms with Crippen molar-refractivity contribution in [2.45, 2.75) is 22.8 Å². The Balaban J connectivity index is 1.92. The van der Waals surface area contributed by atoms with E-state index in [2.05, 4.69) is 16.6 Å². The van der Waals surface area contributed by atoms with E-state index in [1.54, 1.807) is 36.4 Å². The second-order valence-corrected chi connectivity index (χ2v) is 9.45. The normalized spacial score (nSPS) is 12.4. The van der Waals surface area contributed by atoms with Crippen molar-refractivity contribution in [3.8, 4) is 0 Å². The van der Waals surface area contributed by atoms with Gasteiger partial charge in [0.1, 0.15) is 0 Å². The van der Waals surface area contributed by atoms with Gasteiger partial charge in [0, 0.05) is 22.2 Å². The van der Waals surface area contributed by atoms with Crippen LogP contribution in [0, 0.1) is 0 Å². The molecule has 2 aromatic rings. The van der Waals surface area contributed by atoms with Crippen molar-refractivity contribution in [1.29, 1.82) is 0 Å². The van der Waals surface area contributed by atoms with Crippen LogP contribution in [0.25, 0.3) is 0 Å². The van der Waals surface area contributed by atoms with Crippen LogP contribution in [0.5, 0.6) is 0 Å². The molecular weight excluding hydrogens is 404 g/mol. The van der Waals surface area contributed by atoms with Crippen LogP contribution in [0.1, 0.15) is 12.5 Å². The first-order valence-corrected chi connectivity index (χ1v) is 11.1. The maximum Gasteiger partial charge on any atom is 0.237 e. The number of carbonyl (C=O) groups excluding carboxylic acids is 1. The third-order valence-corrected chi connectivity index (χ3v) is 6.21. The van der Waals surface area contributed by atoms with Crippen molar-refractivity contribution in [3.05, 3.63) is 71.8 Å². The van der Waals surface area contributed by atoms with E-state index in [9.17, 15) is 13.2 Å². The fourth-order valence-corrected chi connectivity index (χ4v) is 4.25. The van der Waals surface area contributed by atoms with Crippen LogP contribution in [0.2, 0.25) is 5.02 Å². The highest BCUT2D eigenvalue weighted by molar-refractivity contribution is 8.00. The lowest BCUT2D eigenvalue weighted by Crippen LogP contribution is -2.25. The molecular formula is C19H21ClN2O3S2. The zero-order valence-electron chi connectivity index (χ0n) is 14.8. The summed E-state index contributed by atoms with van der Waals surface area (Å²) < 4.78 is 26.2. The molecule has 2 aromatic carbocycles. The number of amides is 1. The molecule has 0 saturated carbocycles. The van der Waals surface area contributed by atoms with Gasteiger partial charge in [0.25, 0.3) is 0 Å². The van der Waals surface area contributed by atoms with E-state index in [0.29, 0.717) is 16.3 Å². The minimum atomic E-state index is -3.41. The molecule has 0 aliphatic rings. The average molecular weight is 425 g/mol. The number of carbonyl (C=O) groups is 1. The fraction of sp³-hybridized carbons (Fsp3) is 0.211. The van der Waals surface area contributed by atoms with Crippen molar-refractivity contribution in [2.24, 2.45) is 0 Å². The Bertz CT molecular complexity index is 882. The van der Waals surface area contributed by atoms with Crippen LogP contribution in [-0.4, -0.2) is 26.1 Å². The second kappa shape index (κ2) is 9.94. The van der Waals surface area contributed by atoms with E-state index in [4.69, 9.17) is 11.6 Å². The van der Waals surface area contributed by atoms with Crippen molar-refractivity contribution in [2.75, 3.05) is 11.9 Å². The van der Waals surface area contributed by atoms with Crippen molar-refractivity contribution >= 4 is 45.0 Å². The lowest BCUT2D eigenvalue weighted by atomic mass is 10.2. The standard InChI is InChI=1S/C19H21ClN2O3S2/c1-3-12-21-27(24,25)13-15-4-8-17(9-5-15)22-19(23)14(2)26-18-10-6-16(20)7-11-18/h3-11,14,21H,1,12-13H2,2H3,(H,22,23). The molecule has 0 heterocycles. The summed E-state index contributed by atoms with van der Waals surface area (Å²) in [6.07, 6.45) is 1.49. The van der Waals surface area contributed by atoms with Gasteiger partial charge < -0.3 is 5.32 Å². The molecule has 0 bridgehead atoms. The molecule has 1 amide bonds. The summed E-state index contributed by atoms with van der Waals surface area (Å²) in [6, 6.07) is 14.0. The van der Waals surface area contributed by atoms with Gasteiger partial charge in [0.2, 0.25) is 15.9 Å². The molecule has 5 nitrogen and oxygen atoms in total. The lowest BCUT2D eigenvalue weighted by Gasteiger charge is -2.12. The molecule has 0 radical (unpaired) electrons. The van der Waals surface area contributed by atoms with E-state index in [0.717, 1.165) is 4.90 Å². The molecule has 2 N–H and O–H groups in total. The number of hydrogen-bond acceptors (Lipinski definition) is 4. The number of thioether (sulfide) groups is 1. The lowest BCUT2D eigenvalue weighted by molar-refractivity contribution is -0.115. The predicted octanol–water partition coefficient (Wildman–Crippen LogP) is 4.06. The molecule has 0 aromatic heterocycles.